The van der Waals surface area contributed by atoms with Crippen LogP contribution in [-0.2, 0) is 9.59 Å². The summed E-state index contributed by atoms with van der Waals surface area (Å²) in [7, 11) is 0. The van der Waals surface area contributed by atoms with Crippen molar-refractivity contribution < 1.29 is 9.59 Å². The molecular formula is C11H14N2O2. The van der Waals surface area contributed by atoms with Crippen LogP contribution in [-0.4, -0.2) is 11.8 Å². The minimum absolute atomic E-state index is 0.336. The molecule has 0 aliphatic carbocycles. The zero-order chi connectivity index (χ0) is 11.4. The third kappa shape index (κ3) is 2.24. The number of nitrogens with one attached hydrogen (secondary N) is 1. The normalized spacial score (nSPS) is 21.3. The summed E-state index contributed by atoms with van der Waals surface area (Å²) in [5, 5.41) is 11.0. The van der Waals surface area contributed by atoms with Gasteiger partial charge in [-0.25, -0.2) is 0 Å². The number of hydrogen-bond donors (Lipinski definition) is 1. The van der Waals surface area contributed by atoms with Crippen LogP contribution in [0.5, 0.6) is 0 Å². The topological polar surface area (TPSA) is 70.0 Å². The lowest BCUT2D eigenvalue weighted by Crippen LogP contribution is -2.41. The summed E-state index contributed by atoms with van der Waals surface area (Å²) >= 11 is 0. The highest BCUT2D eigenvalue weighted by molar-refractivity contribution is 6.10. The highest BCUT2D eigenvalue weighted by Crippen LogP contribution is 2.23. The second kappa shape index (κ2) is 4.74. The lowest BCUT2D eigenvalue weighted by molar-refractivity contribution is -0.130. The third-order valence-corrected chi connectivity index (χ3v) is 2.59. The number of hydrogen-bond acceptors (Lipinski definition) is 3. The summed E-state index contributed by atoms with van der Waals surface area (Å²) in [4.78, 5) is 22.8. The number of amides is 2. The van der Waals surface area contributed by atoms with Crippen LogP contribution in [0.3, 0.4) is 0 Å². The van der Waals surface area contributed by atoms with E-state index in [4.69, 9.17) is 5.26 Å². The van der Waals surface area contributed by atoms with Gasteiger partial charge in [0.05, 0.1) is 6.07 Å². The van der Waals surface area contributed by atoms with E-state index in [1.807, 2.05) is 13.0 Å². The smallest absolute Gasteiger partial charge is 0.253 e. The molecule has 1 N–H and O–H groups in total. The lowest BCUT2D eigenvalue weighted by atomic mass is 9.89. The fourth-order valence-electron chi connectivity index (χ4n) is 1.63. The maximum absolute atomic E-state index is 11.5. The van der Waals surface area contributed by atoms with E-state index in [1.165, 1.54) is 0 Å². The Morgan fingerprint density at radius 3 is 2.67 bits per heavy atom. The molecule has 0 aromatic rings. The fourth-order valence-corrected chi connectivity index (χ4v) is 1.63. The molecule has 0 aromatic heterocycles. The molecule has 1 atom stereocenters. The molecule has 0 radical (unpaired) electrons. The van der Waals surface area contributed by atoms with Gasteiger partial charge in [-0.15, -0.1) is 0 Å². The van der Waals surface area contributed by atoms with Gasteiger partial charge in [-0.1, -0.05) is 13.3 Å². The molecule has 0 fully saturated rings. The molecule has 15 heavy (non-hydrogen) atoms. The van der Waals surface area contributed by atoms with E-state index >= 15 is 0 Å². The van der Waals surface area contributed by atoms with Crippen LogP contribution in [0.25, 0.3) is 0 Å². The number of rotatable bonds is 3. The first-order chi connectivity index (χ1) is 7.11. The van der Waals surface area contributed by atoms with Gasteiger partial charge in [0.2, 0.25) is 5.91 Å². The van der Waals surface area contributed by atoms with Crippen molar-refractivity contribution in [3.05, 3.63) is 11.1 Å². The van der Waals surface area contributed by atoms with Crippen LogP contribution < -0.4 is 5.32 Å². The van der Waals surface area contributed by atoms with Gasteiger partial charge in [-0.3, -0.25) is 14.9 Å². The van der Waals surface area contributed by atoms with Gasteiger partial charge in [-0.05, 0) is 25.3 Å². The van der Waals surface area contributed by atoms with Crippen LogP contribution in [0.1, 0.15) is 33.1 Å². The summed E-state index contributed by atoms with van der Waals surface area (Å²) in [6.45, 7) is 3.72. The van der Waals surface area contributed by atoms with E-state index < -0.39 is 11.8 Å². The molecule has 0 bridgehead atoms. The van der Waals surface area contributed by atoms with Gasteiger partial charge >= 0.3 is 0 Å². The van der Waals surface area contributed by atoms with Crippen molar-refractivity contribution in [2.24, 2.45) is 5.92 Å². The summed E-state index contributed by atoms with van der Waals surface area (Å²) in [5.74, 6) is -1.63. The number of imide groups is 1. The highest BCUT2D eigenvalue weighted by Gasteiger charge is 2.31. The largest absolute Gasteiger partial charge is 0.291 e. The first kappa shape index (κ1) is 11.4. The molecule has 1 rings (SSSR count). The number of nitrogens with zero attached hydrogens (tertiary/aromatic N) is 1. The molecule has 1 aliphatic rings. The Balaban J connectivity index is 2.98. The number of nitriles is 1. The van der Waals surface area contributed by atoms with Gasteiger partial charge in [0, 0.05) is 5.57 Å². The molecule has 0 spiro atoms. The summed E-state index contributed by atoms with van der Waals surface area (Å²) in [6, 6.07) is 1.91. The lowest BCUT2D eigenvalue weighted by Gasteiger charge is -2.20. The molecule has 0 saturated heterocycles. The molecule has 0 aromatic carbocycles. The molecule has 2 amide bonds. The standard InChI is InChI=1S/C11H14N2O2/c1-3-4-5-8-7(2)9(6-12)11(15)13-10(8)14/h9H,3-5H2,1-2H3,(H,13,14,15). The van der Waals surface area contributed by atoms with Crippen molar-refractivity contribution in [2.75, 3.05) is 0 Å². The predicted molar refractivity (Wildman–Crippen MR) is 54.5 cm³/mol. The van der Waals surface area contributed by atoms with Gasteiger partial charge in [0.15, 0.2) is 0 Å². The highest BCUT2D eigenvalue weighted by atomic mass is 16.2. The van der Waals surface area contributed by atoms with Crippen molar-refractivity contribution in [3.8, 4) is 6.07 Å². The molecule has 80 valence electrons. The van der Waals surface area contributed by atoms with Crippen LogP contribution in [0.2, 0.25) is 0 Å². The molecule has 4 nitrogen and oxygen atoms in total. The second-order valence-electron chi connectivity index (χ2n) is 3.65. The quantitative estimate of drug-likeness (QED) is 0.707. The van der Waals surface area contributed by atoms with E-state index in [-0.39, 0.29) is 5.91 Å². The van der Waals surface area contributed by atoms with Gasteiger partial charge in [0.1, 0.15) is 5.92 Å². The van der Waals surface area contributed by atoms with Crippen molar-refractivity contribution in [1.29, 1.82) is 5.26 Å². The molecular weight excluding hydrogens is 192 g/mol. The van der Waals surface area contributed by atoms with Crippen molar-refractivity contribution in [2.45, 2.75) is 33.1 Å². The Morgan fingerprint density at radius 1 is 1.47 bits per heavy atom. The number of unbranched alkanes of at least 4 members (excludes halogenated alkanes) is 1. The minimum atomic E-state index is -0.797. The third-order valence-electron chi connectivity index (χ3n) is 2.59. The fraction of sp³-hybridized carbons (Fsp3) is 0.545. The maximum atomic E-state index is 11.5. The summed E-state index contributed by atoms with van der Waals surface area (Å²) < 4.78 is 0. The van der Waals surface area contributed by atoms with Crippen LogP contribution in [0.15, 0.2) is 11.1 Å². The van der Waals surface area contributed by atoms with Crippen LogP contribution >= 0.6 is 0 Å². The van der Waals surface area contributed by atoms with Gasteiger partial charge in [0.25, 0.3) is 5.91 Å². The molecule has 4 heteroatoms. The summed E-state index contributed by atoms with van der Waals surface area (Å²) in [6.07, 6.45) is 2.52. The van der Waals surface area contributed by atoms with E-state index in [9.17, 15) is 9.59 Å². The number of carbonyl (C=O) groups is 2. The zero-order valence-electron chi connectivity index (χ0n) is 8.96. The SMILES string of the molecule is CCCCC1=C(C)C(C#N)C(=O)NC1=O. The Bertz CT molecular complexity index is 363. The second-order valence-corrected chi connectivity index (χ2v) is 3.65. The van der Waals surface area contributed by atoms with E-state index in [0.29, 0.717) is 17.6 Å². The molecule has 1 heterocycles. The van der Waals surface area contributed by atoms with E-state index in [2.05, 4.69) is 5.32 Å². The summed E-state index contributed by atoms with van der Waals surface area (Å²) in [5.41, 5.74) is 1.21. The minimum Gasteiger partial charge on any atom is -0.291 e. The van der Waals surface area contributed by atoms with E-state index in [0.717, 1.165) is 12.8 Å². The molecule has 0 saturated carbocycles. The Kier molecular flexibility index (Phi) is 3.62. The van der Waals surface area contributed by atoms with Crippen LogP contribution in [0, 0.1) is 17.2 Å². The molecule has 1 unspecified atom stereocenters. The van der Waals surface area contributed by atoms with Crippen molar-refractivity contribution >= 4 is 11.8 Å². The average molecular weight is 206 g/mol. The van der Waals surface area contributed by atoms with Crippen LogP contribution in [0.4, 0.5) is 0 Å². The van der Waals surface area contributed by atoms with Gasteiger partial charge < -0.3 is 0 Å². The number of carbonyl (C=O) groups excluding carboxylic acids is 2. The predicted octanol–water partition coefficient (Wildman–Crippen LogP) is 1.29. The van der Waals surface area contributed by atoms with Crippen molar-refractivity contribution in [3.63, 3.8) is 0 Å². The Hall–Kier alpha value is -1.63. The maximum Gasteiger partial charge on any atom is 0.253 e. The van der Waals surface area contributed by atoms with Gasteiger partial charge in [-0.2, -0.15) is 5.26 Å². The monoisotopic (exact) mass is 206 g/mol. The zero-order valence-corrected chi connectivity index (χ0v) is 8.96. The Labute approximate surface area is 89.0 Å². The first-order valence-corrected chi connectivity index (χ1v) is 5.06. The first-order valence-electron chi connectivity index (χ1n) is 5.06. The molecule has 1 aliphatic heterocycles. The van der Waals surface area contributed by atoms with E-state index in [1.54, 1.807) is 6.92 Å². The average Bonchev–Trinajstić information content (AvgIpc) is 2.17. The van der Waals surface area contributed by atoms with Crippen molar-refractivity contribution in [1.82, 2.24) is 5.32 Å². The Morgan fingerprint density at radius 2 is 2.13 bits per heavy atom.